The molecule has 3 aromatic heterocycles. The van der Waals surface area contributed by atoms with E-state index < -0.39 is 11.8 Å². The van der Waals surface area contributed by atoms with E-state index in [0.29, 0.717) is 37.7 Å². The lowest BCUT2D eigenvalue weighted by Gasteiger charge is -2.25. The normalized spacial score (nSPS) is 13.8. The second kappa shape index (κ2) is 8.86. The van der Waals surface area contributed by atoms with E-state index in [1.54, 1.807) is 43.8 Å². The lowest BCUT2D eigenvalue weighted by molar-refractivity contribution is 0.0298. The monoisotopic (exact) mass is 455 g/mol. The van der Waals surface area contributed by atoms with Crippen LogP contribution in [0.4, 0.5) is 11.4 Å². The number of nitrogens with zero attached hydrogens (tertiary/aromatic N) is 7. The van der Waals surface area contributed by atoms with Crippen LogP contribution in [0.25, 0.3) is 0 Å². The lowest BCUT2D eigenvalue weighted by Crippen LogP contribution is -2.40. The number of carbonyl (C=O) groups excluding carboxylic acids is 3. The number of aryl methyl sites for hydroxylation is 4. The minimum atomic E-state index is -0.523. The van der Waals surface area contributed by atoms with Crippen molar-refractivity contribution in [2.24, 2.45) is 21.1 Å². The molecule has 0 radical (unpaired) electrons. The molecule has 0 unspecified atom stereocenters. The summed E-state index contributed by atoms with van der Waals surface area (Å²) in [6.45, 7) is 3.66. The zero-order valence-corrected chi connectivity index (χ0v) is 18.8. The molecule has 0 aromatic carbocycles. The SMILES string of the molecule is Cc1nn(C)cc1NC(=O)c1c(NC(=O)c2cc(C(=O)N3CCOCC3)nn2C)cnn1C. The molecule has 174 valence electrons. The molecule has 3 amide bonds. The molecule has 0 aliphatic carbocycles. The van der Waals surface area contributed by atoms with E-state index in [9.17, 15) is 14.4 Å². The van der Waals surface area contributed by atoms with Gasteiger partial charge in [-0.05, 0) is 6.92 Å². The van der Waals surface area contributed by atoms with Crippen LogP contribution in [0, 0.1) is 6.92 Å². The summed E-state index contributed by atoms with van der Waals surface area (Å²) < 4.78 is 9.56. The van der Waals surface area contributed by atoms with E-state index in [1.807, 2.05) is 0 Å². The maximum absolute atomic E-state index is 12.9. The molecule has 13 nitrogen and oxygen atoms in total. The van der Waals surface area contributed by atoms with Crippen molar-refractivity contribution in [1.82, 2.24) is 34.2 Å². The standard InChI is InChI=1S/C20H25N9O4/c1-12-15(11-26(2)24-12)23-19(31)17-14(10-21-28(17)4)22-18(30)16-9-13(25-27(16)3)20(32)29-5-7-33-8-6-29/h9-11H,5-8H2,1-4H3,(H,22,30)(H,23,31). The van der Waals surface area contributed by atoms with Crippen LogP contribution in [-0.4, -0.2) is 78.3 Å². The Bertz CT molecular complexity index is 1220. The topological polar surface area (TPSA) is 141 Å². The fraction of sp³-hybridized carbons (Fsp3) is 0.400. The molecule has 1 aliphatic heterocycles. The molecule has 2 N–H and O–H groups in total. The average molecular weight is 455 g/mol. The van der Waals surface area contributed by atoms with Gasteiger partial charge in [-0.25, -0.2) is 0 Å². The first-order valence-corrected chi connectivity index (χ1v) is 10.3. The highest BCUT2D eigenvalue weighted by molar-refractivity contribution is 6.11. The van der Waals surface area contributed by atoms with Crippen molar-refractivity contribution in [1.29, 1.82) is 0 Å². The molecule has 1 saturated heterocycles. The molecule has 13 heteroatoms. The Morgan fingerprint density at radius 2 is 1.67 bits per heavy atom. The summed E-state index contributed by atoms with van der Waals surface area (Å²) in [6.07, 6.45) is 3.07. The van der Waals surface area contributed by atoms with Gasteiger partial charge in [0.1, 0.15) is 11.4 Å². The van der Waals surface area contributed by atoms with E-state index >= 15 is 0 Å². The van der Waals surface area contributed by atoms with Crippen LogP contribution in [-0.2, 0) is 25.9 Å². The van der Waals surface area contributed by atoms with Crippen molar-refractivity contribution in [3.05, 3.63) is 41.2 Å². The highest BCUT2D eigenvalue weighted by Gasteiger charge is 2.25. The third kappa shape index (κ3) is 4.48. The van der Waals surface area contributed by atoms with Gasteiger partial charge in [-0.2, -0.15) is 15.3 Å². The van der Waals surface area contributed by atoms with Crippen molar-refractivity contribution in [3.8, 4) is 0 Å². The fourth-order valence-electron chi connectivity index (χ4n) is 3.60. The minimum absolute atomic E-state index is 0.165. The van der Waals surface area contributed by atoms with E-state index in [1.165, 1.54) is 21.6 Å². The molecule has 3 aromatic rings. The van der Waals surface area contributed by atoms with Gasteiger partial charge >= 0.3 is 0 Å². The zero-order valence-electron chi connectivity index (χ0n) is 18.8. The second-order valence-electron chi connectivity index (χ2n) is 7.68. The number of rotatable bonds is 5. The summed E-state index contributed by atoms with van der Waals surface area (Å²) >= 11 is 0. The number of morpholine rings is 1. The first-order chi connectivity index (χ1) is 15.7. The van der Waals surface area contributed by atoms with Crippen LogP contribution in [0.3, 0.4) is 0 Å². The number of nitrogens with one attached hydrogen (secondary N) is 2. The Labute approximate surface area is 189 Å². The molecular weight excluding hydrogens is 430 g/mol. The van der Waals surface area contributed by atoms with Gasteiger partial charge in [-0.3, -0.25) is 28.4 Å². The Balaban J connectivity index is 1.51. The highest BCUT2D eigenvalue weighted by Crippen LogP contribution is 2.19. The number of aromatic nitrogens is 6. The highest BCUT2D eigenvalue weighted by atomic mass is 16.5. The van der Waals surface area contributed by atoms with Crippen molar-refractivity contribution >= 4 is 29.1 Å². The Hall–Kier alpha value is -4.00. The predicted molar refractivity (Wildman–Crippen MR) is 117 cm³/mol. The summed E-state index contributed by atoms with van der Waals surface area (Å²) in [7, 11) is 4.93. The van der Waals surface area contributed by atoms with Gasteiger partial charge in [0.25, 0.3) is 17.7 Å². The third-order valence-corrected chi connectivity index (χ3v) is 5.29. The number of hydrogen-bond acceptors (Lipinski definition) is 7. The largest absolute Gasteiger partial charge is 0.378 e. The van der Waals surface area contributed by atoms with Gasteiger partial charge in [-0.1, -0.05) is 0 Å². The van der Waals surface area contributed by atoms with Crippen LogP contribution < -0.4 is 10.6 Å². The van der Waals surface area contributed by atoms with Crippen LogP contribution in [0.2, 0.25) is 0 Å². The van der Waals surface area contributed by atoms with Crippen molar-refractivity contribution in [2.75, 3.05) is 36.9 Å². The average Bonchev–Trinajstić information content (AvgIpc) is 3.44. The van der Waals surface area contributed by atoms with E-state index in [4.69, 9.17) is 4.74 Å². The predicted octanol–water partition coefficient (Wildman–Crippen LogP) is 0.173. The molecule has 0 saturated carbocycles. The van der Waals surface area contributed by atoms with Gasteiger partial charge in [0, 0.05) is 46.5 Å². The van der Waals surface area contributed by atoms with Crippen LogP contribution >= 0.6 is 0 Å². The quantitative estimate of drug-likeness (QED) is 0.559. The van der Waals surface area contributed by atoms with Crippen molar-refractivity contribution < 1.29 is 19.1 Å². The second-order valence-corrected chi connectivity index (χ2v) is 7.68. The number of ether oxygens (including phenoxy) is 1. The summed E-state index contributed by atoms with van der Waals surface area (Å²) in [5.74, 6) is -1.23. The van der Waals surface area contributed by atoms with Gasteiger partial charge in [-0.15, -0.1) is 0 Å². The smallest absolute Gasteiger partial charge is 0.276 e. The van der Waals surface area contributed by atoms with Crippen LogP contribution in [0.1, 0.15) is 37.2 Å². The Morgan fingerprint density at radius 1 is 0.970 bits per heavy atom. The molecular formula is C20H25N9O4. The van der Waals surface area contributed by atoms with Gasteiger partial charge in [0.2, 0.25) is 0 Å². The van der Waals surface area contributed by atoms with E-state index in [-0.39, 0.29) is 28.7 Å². The van der Waals surface area contributed by atoms with E-state index in [0.717, 1.165) is 0 Å². The first-order valence-electron chi connectivity index (χ1n) is 10.3. The van der Waals surface area contributed by atoms with Gasteiger partial charge in [0.05, 0.1) is 36.5 Å². The molecule has 0 atom stereocenters. The van der Waals surface area contributed by atoms with Gasteiger partial charge in [0.15, 0.2) is 5.69 Å². The van der Waals surface area contributed by atoms with Gasteiger partial charge < -0.3 is 20.3 Å². The molecule has 4 rings (SSSR count). The van der Waals surface area contributed by atoms with Crippen LogP contribution in [0.15, 0.2) is 18.5 Å². The summed E-state index contributed by atoms with van der Waals surface area (Å²) in [6, 6.07) is 1.43. The Morgan fingerprint density at radius 3 is 2.33 bits per heavy atom. The van der Waals surface area contributed by atoms with Crippen molar-refractivity contribution in [2.45, 2.75) is 6.92 Å². The number of carbonyl (C=O) groups is 3. The molecule has 1 fully saturated rings. The summed E-state index contributed by atoms with van der Waals surface area (Å²) in [5.41, 5.74) is 1.94. The lowest BCUT2D eigenvalue weighted by atomic mass is 10.2. The molecule has 4 heterocycles. The minimum Gasteiger partial charge on any atom is -0.378 e. The maximum Gasteiger partial charge on any atom is 0.276 e. The molecule has 33 heavy (non-hydrogen) atoms. The molecule has 0 bridgehead atoms. The molecule has 1 aliphatic rings. The Kier molecular flexibility index (Phi) is 5.96. The zero-order chi connectivity index (χ0) is 23.7. The molecule has 0 spiro atoms. The third-order valence-electron chi connectivity index (χ3n) is 5.29. The van der Waals surface area contributed by atoms with E-state index in [2.05, 4.69) is 25.9 Å². The fourth-order valence-corrected chi connectivity index (χ4v) is 3.60. The number of anilines is 2. The van der Waals surface area contributed by atoms with Crippen molar-refractivity contribution in [3.63, 3.8) is 0 Å². The first kappa shape index (κ1) is 22.2. The van der Waals surface area contributed by atoms with Crippen LogP contribution in [0.5, 0.6) is 0 Å². The summed E-state index contributed by atoms with van der Waals surface area (Å²) in [4.78, 5) is 40.2. The number of hydrogen-bond donors (Lipinski definition) is 2. The maximum atomic E-state index is 12.9. The summed E-state index contributed by atoms with van der Waals surface area (Å²) in [5, 5.41) is 18.0. The number of amides is 3.